The van der Waals surface area contributed by atoms with E-state index in [0.717, 1.165) is 4.90 Å². The average molecular weight is 360 g/mol. The maximum absolute atomic E-state index is 13.1. The molecule has 0 bridgehead atoms. The molecule has 0 saturated carbocycles. The van der Waals surface area contributed by atoms with Crippen LogP contribution in [0, 0.1) is 0 Å². The van der Waals surface area contributed by atoms with Crippen molar-refractivity contribution in [3.8, 4) is 17.4 Å². The van der Waals surface area contributed by atoms with Crippen molar-refractivity contribution in [3.05, 3.63) is 89.2 Å². The van der Waals surface area contributed by atoms with Gasteiger partial charge in [-0.15, -0.1) is 11.8 Å². The lowest BCUT2D eigenvalue weighted by Crippen LogP contribution is -2.21. The number of fused-ring (bicyclic) bond motifs is 1. The molecule has 0 spiro atoms. The Labute approximate surface area is 155 Å². The van der Waals surface area contributed by atoms with Gasteiger partial charge in [-0.2, -0.15) is 4.98 Å². The van der Waals surface area contributed by atoms with Gasteiger partial charge in [-0.3, -0.25) is 4.79 Å². The van der Waals surface area contributed by atoms with Crippen molar-refractivity contribution in [1.29, 1.82) is 0 Å². The zero-order chi connectivity index (χ0) is 17.9. The third-order valence-electron chi connectivity index (χ3n) is 4.03. The number of hydrogen-bond acceptors (Lipinski definition) is 4. The van der Waals surface area contributed by atoms with Gasteiger partial charge in [0.05, 0.1) is 16.6 Å². The van der Waals surface area contributed by atoms with E-state index in [0.29, 0.717) is 22.3 Å². The Bertz CT molecular complexity index is 1110. The number of para-hydroxylation sites is 2. The number of aromatic nitrogens is 2. The van der Waals surface area contributed by atoms with E-state index < -0.39 is 0 Å². The summed E-state index contributed by atoms with van der Waals surface area (Å²) in [4.78, 5) is 18.8. The summed E-state index contributed by atoms with van der Waals surface area (Å²) in [5.74, 6) is 0.634. The third kappa shape index (κ3) is 3.09. The van der Waals surface area contributed by atoms with Crippen molar-refractivity contribution < 1.29 is 4.74 Å². The van der Waals surface area contributed by atoms with Crippen molar-refractivity contribution in [3.63, 3.8) is 0 Å². The van der Waals surface area contributed by atoms with Gasteiger partial charge in [0, 0.05) is 4.90 Å². The lowest BCUT2D eigenvalue weighted by atomic mass is 10.2. The highest BCUT2D eigenvalue weighted by Crippen LogP contribution is 2.25. The molecule has 0 N–H and O–H groups in total. The Morgan fingerprint density at radius 1 is 0.885 bits per heavy atom. The van der Waals surface area contributed by atoms with Crippen LogP contribution >= 0.6 is 11.8 Å². The summed E-state index contributed by atoms with van der Waals surface area (Å²) >= 11 is 1.66. The molecule has 4 rings (SSSR count). The summed E-state index contributed by atoms with van der Waals surface area (Å²) in [7, 11) is 0. The summed E-state index contributed by atoms with van der Waals surface area (Å²) in [6, 6.07) is 24.6. The van der Waals surface area contributed by atoms with E-state index in [-0.39, 0.29) is 11.6 Å². The maximum atomic E-state index is 13.1. The minimum Gasteiger partial charge on any atom is -0.425 e. The summed E-state index contributed by atoms with van der Waals surface area (Å²) in [6.07, 6.45) is 2.02. The number of rotatable bonds is 4. The Hall–Kier alpha value is -3.05. The molecular weight excluding hydrogens is 344 g/mol. The number of ether oxygens (including phenoxy) is 1. The fourth-order valence-corrected chi connectivity index (χ4v) is 3.14. The largest absolute Gasteiger partial charge is 0.425 e. The molecule has 4 aromatic rings. The molecule has 0 atom stereocenters. The summed E-state index contributed by atoms with van der Waals surface area (Å²) in [5, 5.41) is 0.557. The van der Waals surface area contributed by atoms with Crippen LogP contribution in [0.5, 0.6) is 11.8 Å². The maximum Gasteiger partial charge on any atom is 0.310 e. The summed E-state index contributed by atoms with van der Waals surface area (Å²) in [5.41, 5.74) is 1.17. The summed E-state index contributed by atoms with van der Waals surface area (Å²) < 4.78 is 7.50. The second-order valence-electron chi connectivity index (χ2n) is 5.67. The first kappa shape index (κ1) is 16.4. The fourth-order valence-electron chi connectivity index (χ4n) is 2.73. The molecule has 128 valence electrons. The number of hydrogen-bond donors (Lipinski definition) is 0. The van der Waals surface area contributed by atoms with Crippen LogP contribution in [-0.4, -0.2) is 15.8 Å². The SMILES string of the molecule is CSc1ccc(Oc2nc3ccccc3c(=O)n2-c2ccccc2)cc1. The molecule has 0 aliphatic carbocycles. The Morgan fingerprint density at radius 3 is 2.31 bits per heavy atom. The van der Waals surface area contributed by atoms with E-state index in [9.17, 15) is 4.79 Å². The monoisotopic (exact) mass is 360 g/mol. The molecule has 0 aliphatic rings. The fraction of sp³-hybridized carbons (Fsp3) is 0.0476. The molecule has 5 heteroatoms. The summed E-state index contributed by atoms with van der Waals surface area (Å²) in [6.45, 7) is 0. The van der Waals surface area contributed by atoms with Crippen LogP contribution in [0.15, 0.2) is 88.6 Å². The van der Waals surface area contributed by atoms with E-state index in [1.807, 2.05) is 79.1 Å². The molecule has 26 heavy (non-hydrogen) atoms. The highest BCUT2D eigenvalue weighted by Gasteiger charge is 2.14. The Morgan fingerprint density at radius 2 is 1.58 bits per heavy atom. The lowest BCUT2D eigenvalue weighted by molar-refractivity contribution is 0.427. The van der Waals surface area contributed by atoms with Crippen LogP contribution in [0.2, 0.25) is 0 Å². The first-order valence-corrected chi connectivity index (χ1v) is 9.38. The van der Waals surface area contributed by atoms with Crippen molar-refractivity contribution in [2.45, 2.75) is 4.90 Å². The molecule has 0 amide bonds. The quantitative estimate of drug-likeness (QED) is 0.486. The second-order valence-corrected chi connectivity index (χ2v) is 6.54. The number of benzene rings is 3. The molecule has 1 heterocycles. The Balaban J connectivity index is 1.90. The van der Waals surface area contributed by atoms with E-state index in [2.05, 4.69) is 4.98 Å². The van der Waals surface area contributed by atoms with Crippen LogP contribution < -0.4 is 10.3 Å². The van der Waals surface area contributed by atoms with E-state index in [1.54, 1.807) is 17.8 Å². The molecule has 0 fully saturated rings. The highest BCUT2D eigenvalue weighted by atomic mass is 32.2. The lowest BCUT2D eigenvalue weighted by Gasteiger charge is -2.14. The van der Waals surface area contributed by atoms with Crippen LogP contribution in [0.25, 0.3) is 16.6 Å². The molecular formula is C21H16N2O2S. The van der Waals surface area contributed by atoms with Crippen LogP contribution in [0.4, 0.5) is 0 Å². The van der Waals surface area contributed by atoms with E-state index >= 15 is 0 Å². The number of thioether (sulfide) groups is 1. The van der Waals surface area contributed by atoms with Crippen LogP contribution in [0.1, 0.15) is 0 Å². The van der Waals surface area contributed by atoms with E-state index in [4.69, 9.17) is 4.74 Å². The van der Waals surface area contributed by atoms with Crippen LogP contribution in [-0.2, 0) is 0 Å². The van der Waals surface area contributed by atoms with Gasteiger partial charge in [0.2, 0.25) is 0 Å². The van der Waals surface area contributed by atoms with Gasteiger partial charge in [0.15, 0.2) is 0 Å². The molecule has 0 saturated heterocycles. The molecule has 3 aromatic carbocycles. The normalized spacial score (nSPS) is 10.8. The van der Waals surface area contributed by atoms with Gasteiger partial charge in [-0.05, 0) is 54.8 Å². The second kappa shape index (κ2) is 7.06. The van der Waals surface area contributed by atoms with Crippen molar-refractivity contribution in [1.82, 2.24) is 9.55 Å². The predicted molar refractivity (Wildman–Crippen MR) is 106 cm³/mol. The van der Waals surface area contributed by atoms with Gasteiger partial charge in [-0.1, -0.05) is 30.3 Å². The van der Waals surface area contributed by atoms with E-state index in [1.165, 1.54) is 4.57 Å². The molecule has 0 aliphatic heterocycles. The first-order valence-electron chi connectivity index (χ1n) is 8.15. The van der Waals surface area contributed by atoms with Crippen molar-refractivity contribution in [2.24, 2.45) is 0 Å². The Kier molecular flexibility index (Phi) is 4.46. The van der Waals surface area contributed by atoms with Crippen molar-refractivity contribution >= 4 is 22.7 Å². The predicted octanol–water partition coefficient (Wildman–Crippen LogP) is 4.90. The number of nitrogens with zero attached hydrogens (tertiary/aromatic N) is 2. The third-order valence-corrected chi connectivity index (χ3v) is 4.77. The molecule has 1 aromatic heterocycles. The standard InChI is InChI=1S/C21H16N2O2S/c1-26-17-13-11-16(12-14-17)25-21-22-19-10-6-5-9-18(19)20(24)23(21)15-7-3-2-4-8-15/h2-14H,1H3. The topological polar surface area (TPSA) is 44.1 Å². The zero-order valence-electron chi connectivity index (χ0n) is 14.1. The average Bonchev–Trinajstić information content (AvgIpc) is 2.69. The van der Waals surface area contributed by atoms with Gasteiger partial charge in [-0.25, -0.2) is 4.57 Å². The molecule has 0 unspecified atom stereocenters. The zero-order valence-corrected chi connectivity index (χ0v) is 14.9. The van der Waals surface area contributed by atoms with Gasteiger partial charge in [0.25, 0.3) is 5.56 Å². The molecule has 0 radical (unpaired) electrons. The highest BCUT2D eigenvalue weighted by molar-refractivity contribution is 7.98. The van der Waals surface area contributed by atoms with Crippen LogP contribution in [0.3, 0.4) is 0 Å². The minimum absolute atomic E-state index is 0.155. The van der Waals surface area contributed by atoms with Gasteiger partial charge < -0.3 is 4.74 Å². The minimum atomic E-state index is -0.155. The molecule has 4 nitrogen and oxygen atoms in total. The first-order chi connectivity index (χ1) is 12.8. The smallest absolute Gasteiger partial charge is 0.310 e. The van der Waals surface area contributed by atoms with Crippen molar-refractivity contribution in [2.75, 3.05) is 6.26 Å². The van der Waals surface area contributed by atoms with Gasteiger partial charge in [0.1, 0.15) is 5.75 Å². The van der Waals surface area contributed by atoms with Gasteiger partial charge >= 0.3 is 6.01 Å².